The third-order valence-corrected chi connectivity index (χ3v) is 3.43. The summed E-state index contributed by atoms with van der Waals surface area (Å²) in [6.07, 6.45) is 5.93. The second-order valence-electron chi connectivity index (χ2n) is 4.88. The Morgan fingerprint density at radius 2 is 2.00 bits per heavy atom. The number of hydrogen-bond acceptors (Lipinski definition) is 2. The molecule has 0 unspecified atom stereocenters. The Kier molecular flexibility index (Phi) is 3.10. The van der Waals surface area contributed by atoms with Gasteiger partial charge in [0.15, 0.2) is 0 Å². The van der Waals surface area contributed by atoms with E-state index in [0.29, 0.717) is 0 Å². The van der Waals surface area contributed by atoms with E-state index in [2.05, 4.69) is 30.2 Å². The predicted molar refractivity (Wildman–Crippen MR) is 61.9 cm³/mol. The van der Waals surface area contributed by atoms with Gasteiger partial charge in [0.2, 0.25) is 0 Å². The SMILES string of the molecule is Cc1cn(C)nc1CC1CCN(C)CC1. The van der Waals surface area contributed by atoms with Gasteiger partial charge < -0.3 is 4.90 Å². The van der Waals surface area contributed by atoms with Crippen molar-refractivity contribution in [3.05, 3.63) is 17.5 Å². The van der Waals surface area contributed by atoms with Crippen LogP contribution in [0.15, 0.2) is 6.20 Å². The maximum absolute atomic E-state index is 4.53. The van der Waals surface area contributed by atoms with Gasteiger partial charge in [-0.15, -0.1) is 0 Å². The summed E-state index contributed by atoms with van der Waals surface area (Å²) in [4.78, 5) is 2.42. The number of piperidine rings is 1. The highest BCUT2D eigenvalue weighted by molar-refractivity contribution is 5.15. The highest BCUT2D eigenvalue weighted by atomic mass is 15.2. The minimum Gasteiger partial charge on any atom is -0.306 e. The molecule has 0 amide bonds. The van der Waals surface area contributed by atoms with Crippen LogP contribution in [0.2, 0.25) is 0 Å². The van der Waals surface area contributed by atoms with Gasteiger partial charge in [-0.2, -0.15) is 5.10 Å². The van der Waals surface area contributed by atoms with E-state index < -0.39 is 0 Å². The average molecular weight is 207 g/mol. The first-order valence-corrected chi connectivity index (χ1v) is 5.83. The van der Waals surface area contributed by atoms with Crippen molar-refractivity contribution in [2.24, 2.45) is 13.0 Å². The molecular formula is C12H21N3. The van der Waals surface area contributed by atoms with Crippen molar-refractivity contribution >= 4 is 0 Å². The summed E-state index contributed by atoms with van der Waals surface area (Å²) in [5, 5.41) is 4.53. The molecule has 0 radical (unpaired) electrons. The Labute approximate surface area is 92.1 Å². The Morgan fingerprint density at radius 1 is 1.33 bits per heavy atom. The molecule has 0 N–H and O–H groups in total. The van der Waals surface area contributed by atoms with E-state index in [-0.39, 0.29) is 0 Å². The average Bonchev–Trinajstić information content (AvgIpc) is 2.49. The molecule has 0 spiro atoms. The summed E-state index contributed by atoms with van der Waals surface area (Å²) in [5.74, 6) is 0.842. The standard InChI is InChI=1S/C12H21N3/c1-10-9-15(3)13-12(10)8-11-4-6-14(2)7-5-11/h9,11H,4-8H2,1-3H3. The Hall–Kier alpha value is -0.830. The lowest BCUT2D eigenvalue weighted by atomic mass is 9.92. The second-order valence-corrected chi connectivity index (χ2v) is 4.88. The molecule has 2 rings (SSSR count). The molecule has 1 aromatic rings. The predicted octanol–water partition coefficient (Wildman–Crippen LogP) is 1.61. The van der Waals surface area contributed by atoms with Gasteiger partial charge in [0.1, 0.15) is 0 Å². The zero-order valence-electron chi connectivity index (χ0n) is 10.0. The maximum Gasteiger partial charge on any atom is 0.0656 e. The highest BCUT2D eigenvalue weighted by Crippen LogP contribution is 2.21. The third kappa shape index (κ3) is 2.59. The minimum atomic E-state index is 0.842. The number of aromatic nitrogens is 2. The van der Waals surface area contributed by atoms with Crippen molar-refractivity contribution in [2.75, 3.05) is 20.1 Å². The smallest absolute Gasteiger partial charge is 0.0656 e. The summed E-state index contributed by atoms with van der Waals surface area (Å²) in [6, 6.07) is 0. The van der Waals surface area contributed by atoms with Crippen molar-refractivity contribution in [3.8, 4) is 0 Å². The molecule has 3 heteroatoms. The van der Waals surface area contributed by atoms with Crippen LogP contribution in [0, 0.1) is 12.8 Å². The third-order valence-electron chi connectivity index (χ3n) is 3.43. The number of likely N-dealkylation sites (tertiary alicyclic amines) is 1. The van der Waals surface area contributed by atoms with Crippen molar-refractivity contribution in [3.63, 3.8) is 0 Å². The molecule has 0 bridgehead atoms. The van der Waals surface area contributed by atoms with Crippen molar-refractivity contribution < 1.29 is 0 Å². The first-order chi connectivity index (χ1) is 7.15. The first kappa shape index (κ1) is 10.7. The summed E-state index contributed by atoms with van der Waals surface area (Å²) in [6.45, 7) is 4.66. The van der Waals surface area contributed by atoms with Crippen LogP contribution in [0.3, 0.4) is 0 Å². The molecule has 1 fully saturated rings. The normalized spacial score (nSPS) is 19.7. The molecule has 15 heavy (non-hydrogen) atoms. The monoisotopic (exact) mass is 207 g/mol. The zero-order chi connectivity index (χ0) is 10.8. The van der Waals surface area contributed by atoms with Gasteiger partial charge in [-0.05, 0) is 57.8 Å². The first-order valence-electron chi connectivity index (χ1n) is 5.83. The largest absolute Gasteiger partial charge is 0.306 e. The van der Waals surface area contributed by atoms with Gasteiger partial charge in [0, 0.05) is 13.2 Å². The fourth-order valence-electron chi connectivity index (χ4n) is 2.39. The van der Waals surface area contributed by atoms with Crippen LogP contribution in [0.25, 0.3) is 0 Å². The van der Waals surface area contributed by atoms with E-state index in [9.17, 15) is 0 Å². The summed E-state index contributed by atoms with van der Waals surface area (Å²) in [5.41, 5.74) is 2.64. The number of aryl methyl sites for hydroxylation is 2. The fraction of sp³-hybridized carbons (Fsp3) is 0.750. The zero-order valence-corrected chi connectivity index (χ0v) is 10.0. The summed E-state index contributed by atoms with van der Waals surface area (Å²) < 4.78 is 1.93. The fourth-order valence-corrected chi connectivity index (χ4v) is 2.39. The van der Waals surface area contributed by atoms with Crippen molar-refractivity contribution in [2.45, 2.75) is 26.2 Å². The Balaban J connectivity index is 1.94. The van der Waals surface area contributed by atoms with E-state index in [1.165, 1.54) is 43.6 Å². The van der Waals surface area contributed by atoms with Crippen LogP contribution < -0.4 is 0 Å². The van der Waals surface area contributed by atoms with E-state index in [1.54, 1.807) is 0 Å². The molecule has 1 aliphatic rings. The lowest BCUT2D eigenvalue weighted by Crippen LogP contribution is -2.31. The molecule has 1 aliphatic heterocycles. The number of nitrogens with zero attached hydrogens (tertiary/aromatic N) is 3. The van der Waals surface area contributed by atoms with Crippen LogP contribution >= 0.6 is 0 Å². The van der Waals surface area contributed by atoms with Crippen molar-refractivity contribution in [1.82, 2.24) is 14.7 Å². The lowest BCUT2D eigenvalue weighted by Gasteiger charge is -2.28. The number of rotatable bonds is 2. The van der Waals surface area contributed by atoms with Gasteiger partial charge >= 0.3 is 0 Å². The molecule has 1 aromatic heterocycles. The summed E-state index contributed by atoms with van der Waals surface area (Å²) >= 11 is 0. The second kappa shape index (κ2) is 4.35. The molecule has 1 saturated heterocycles. The van der Waals surface area contributed by atoms with Gasteiger partial charge in [-0.25, -0.2) is 0 Å². The molecule has 3 nitrogen and oxygen atoms in total. The maximum atomic E-state index is 4.53. The van der Waals surface area contributed by atoms with Gasteiger partial charge in [-0.3, -0.25) is 4.68 Å². The quantitative estimate of drug-likeness (QED) is 0.734. The van der Waals surface area contributed by atoms with E-state index in [0.717, 1.165) is 5.92 Å². The minimum absolute atomic E-state index is 0.842. The van der Waals surface area contributed by atoms with Gasteiger partial charge in [0.25, 0.3) is 0 Å². The molecule has 0 aromatic carbocycles. The molecule has 2 heterocycles. The molecule has 0 aliphatic carbocycles. The van der Waals surface area contributed by atoms with E-state index in [4.69, 9.17) is 0 Å². The topological polar surface area (TPSA) is 21.1 Å². The van der Waals surface area contributed by atoms with Crippen molar-refractivity contribution in [1.29, 1.82) is 0 Å². The summed E-state index contributed by atoms with van der Waals surface area (Å²) in [7, 11) is 4.22. The van der Waals surface area contributed by atoms with Crippen LogP contribution in [0.5, 0.6) is 0 Å². The molecule has 0 atom stereocenters. The Morgan fingerprint density at radius 3 is 2.53 bits per heavy atom. The lowest BCUT2D eigenvalue weighted by molar-refractivity contribution is 0.218. The molecule has 84 valence electrons. The van der Waals surface area contributed by atoms with Crippen LogP contribution in [-0.4, -0.2) is 34.8 Å². The molecule has 0 saturated carbocycles. The molecular weight excluding hydrogens is 186 g/mol. The van der Waals surface area contributed by atoms with Gasteiger partial charge in [-0.1, -0.05) is 0 Å². The van der Waals surface area contributed by atoms with E-state index in [1.807, 2.05) is 11.7 Å². The number of hydrogen-bond donors (Lipinski definition) is 0. The van der Waals surface area contributed by atoms with E-state index >= 15 is 0 Å². The highest BCUT2D eigenvalue weighted by Gasteiger charge is 2.18. The Bertz CT molecular complexity index is 322. The van der Waals surface area contributed by atoms with Crippen LogP contribution in [0.4, 0.5) is 0 Å². The van der Waals surface area contributed by atoms with Crippen LogP contribution in [0.1, 0.15) is 24.1 Å². The van der Waals surface area contributed by atoms with Crippen LogP contribution in [-0.2, 0) is 13.5 Å². The van der Waals surface area contributed by atoms with Gasteiger partial charge in [0.05, 0.1) is 5.69 Å².